The molecule has 1 N–H and O–H groups in total. The minimum Gasteiger partial charge on any atom is -0.314 e. The van der Waals surface area contributed by atoms with Gasteiger partial charge in [0.15, 0.2) is 0 Å². The Morgan fingerprint density at radius 3 is 2.84 bits per heavy atom. The Kier molecular flexibility index (Phi) is 2.95. The maximum Gasteiger partial charge on any atom is 0.271 e. The van der Waals surface area contributed by atoms with E-state index in [-0.39, 0.29) is 12.1 Å². The third kappa shape index (κ3) is 2.19. The molecule has 1 amide bonds. The topological polar surface area (TPSA) is 47.9 Å². The number of hydrogen-bond donors (Lipinski definition) is 1. The first-order valence-corrected chi connectivity index (χ1v) is 6.36. The van der Waals surface area contributed by atoms with Gasteiger partial charge in [0.05, 0.1) is 0 Å². The summed E-state index contributed by atoms with van der Waals surface area (Å²) < 4.78 is 0. The lowest BCUT2D eigenvalue weighted by atomic mass is 10.1. The van der Waals surface area contributed by atoms with Crippen molar-refractivity contribution in [1.82, 2.24) is 15.2 Å². The second-order valence-corrected chi connectivity index (χ2v) is 4.66. The molecule has 0 saturated carbocycles. The van der Waals surface area contributed by atoms with Crippen molar-refractivity contribution in [2.75, 3.05) is 6.54 Å². The van der Waals surface area contributed by atoms with Gasteiger partial charge in [-0.25, -0.2) is 0 Å². The molecular weight excluding hydrogens is 240 g/mol. The molecular formula is C14H16N4O. The molecule has 0 spiro atoms. The van der Waals surface area contributed by atoms with Crippen LogP contribution in [0, 0.1) is 0 Å². The monoisotopic (exact) mass is 256 g/mol. The van der Waals surface area contributed by atoms with E-state index in [0.717, 1.165) is 12.3 Å². The van der Waals surface area contributed by atoms with Gasteiger partial charge in [-0.1, -0.05) is 30.3 Å². The lowest BCUT2D eigenvalue weighted by molar-refractivity contribution is -0.134. The standard InChI is InChI=1S/C14H16N4O/c1-11-15-16-13-14(19)17(9-10-18(11)13)8-7-12-5-3-2-4-6-12/h2-6,9-10,13,16H,7-8H2,1H3. The zero-order chi connectivity index (χ0) is 13.2. The number of carbonyl (C=O) groups excluding carboxylic acids is 1. The van der Waals surface area contributed by atoms with Crippen LogP contribution in [0.15, 0.2) is 47.8 Å². The molecule has 2 aliphatic rings. The highest BCUT2D eigenvalue weighted by molar-refractivity contribution is 5.93. The van der Waals surface area contributed by atoms with Gasteiger partial charge in [-0.2, -0.15) is 5.10 Å². The fourth-order valence-electron chi connectivity index (χ4n) is 2.29. The average molecular weight is 256 g/mol. The highest BCUT2D eigenvalue weighted by Crippen LogP contribution is 2.16. The van der Waals surface area contributed by atoms with Crippen molar-refractivity contribution in [3.8, 4) is 0 Å². The smallest absolute Gasteiger partial charge is 0.271 e. The maximum atomic E-state index is 12.3. The summed E-state index contributed by atoms with van der Waals surface area (Å²) in [6.07, 6.45) is 4.20. The number of amides is 1. The van der Waals surface area contributed by atoms with Gasteiger partial charge in [0.25, 0.3) is 5.91 Å². The van der Waals surface area contributed by atoms with Gasteiger partial charge in [0, 0.05) is 18.9 Å². The number of hydrogen-bond acceptors (Lipinski definition) is 4. The summed E-state index contributed by atoms with van der Waals surface area (Å²) in [6, 6.07) is 10.2. The Bertz CT molecular complexity index is 538. The SMILES string of the molecule is CC1=NNC2C(=O)N(CCc3ccccc3)C=CN12. The Labute approximate surface area is 112 Å². The van der Waals surface area contributed by atoms with E-state index in [9.17, 15) is 4.79 Å². The molecule has 0 radical (unpaired) electrons. The zero-order valence-electron chi connectivity index (χ0n) is 10.8. The molecule has 0 bridgehead atoms. The van der Waals surface area contributed by atoms with E-state index in [2.05, 4.69) is 22.7 Å². The molecule has 1 atom stereocenters. The molecule has 5 heteroatoms. The van der Waals surface area contributed by atoms with Crippen LogP contribution in [0.5, 0.6) is 0 Å². The Hall–Kier alpha value is -2.30. The van der Waals surface area contributed by atoms with Gasteiger partial charge in [0.2, 0.25) is 6.17 Å². The van der Waals surface area contributed by atoms with E-state index >= 15 is 0 Å². The first kappa shape index (κ1) is 11.8. The number of benzene rings is 1. The van der Waals surface area contributed by atoms with Gasteiger partial charge in [0.1, 0.15) is 5.84 Å². The van der Waals surface area contributed by atoms with Gasteiger partial charge in [-0.15, -0.1) is 0 Å². The Morgan fingerprint density at radius 1 is 1.26 bits per heavy atom. The third-order valence-corrected chi connectivity index (χ3v) is 3.41. The van der Waals surface area contributed by atoms with Crippen molar-refractivity contribution < 1.29 is 4.79 Å². The summed E-state index contributed by atoms with van der Waals surface area (Å²) in [4.78, 5) is 15.9. The van der Waals surface area contributed by atoms with Crippen LogP contribution in [-0.4, -0.2) is 34.3 Å². The molecule has 1 aromatic rings. The van der Waals surface area contributed by atoms with Crippen LogP contribution < -0.4 is 5.43 Å². The number of fused-ring (bicyclic) bond motifs is 1. The predicted octanol–water partition coefficient (Wildman–Crippen LogP) is 1.11. The van der Waals surface area contributed by atoms with Crippen LogP contribution in [0.1, 0.15) is 12.5 Å². The van der Waals surface area contributed by atoms with Crippen LogP contribution in [0.2, 0.25) is 0 Å². The average Bonchev–Trinajstić information content (AvgIpc) is 2.82. The first-order chi connectivity index (χ1) is 9.25. The quantitative estimate of drug-likeness (QED) is 0.881. The van der Waals surface area contributed by atoms with E-state index in [1.807, 2.05) is 42.4 Å². The largest absolute Gasteiger partial charge is 0.314 e. The summed E-state index contributed by atoms with van der Waals surface area (Å²) >= 11 is 0. The molecule has 2 aliphatic heterocycles. The van der Waals surface area contributed by atoms with E-state index in [0.29, 0.717) is 6.54 Å². The van der Waals surface area contributed by atoms with Crippen LogP contribution >= 0.6 is 0 Å². The van der Waals surface area contributed by atoms with Crippen molar-refractivity contribution >= 4 is 11.7 Å². The Morgan fingerprint density at radius 2 is 2.05 bits per heavy atom. The normalized spacial score (nSPS) is 21.2. The molecule has 1 aromatic carbocycles. The number of hydrazone groups is 1. The molecule has 2 heterocycles. The molecule has 0 saturated heterocycles. The molecule has 3 rings (SSSR count). The molecule has 19 heavy (non-hydrogen) atoms. The maximum absolute atomic E-state index is 12.3. The van der Waals surface area contributed by atoms with Crippen LogP contribution in [0.3, 0.4) is 0 Å². The molecule has 0 aliphatic carbocycles. The highest BCUT2D eigenvalue weighted by Gasteiger charge is 2.35. The predicted molar refractivity (Wildman–Crippen MR) is 72.9 cm³/mol. The fraction of sp³-hybridized carbons (Fsp3) is 0.286. The van der Waals surface area contributed by atoms with Crippen molar-refractivity contribution in [3.63, 3.8) is 0 Å². The van der Waals surface area contributed by atoms with Gasteiger partial charge in [-0.3, -0.25) is 10.2 Å². The summed E-state index contributed by atoms with van der Waals surface area (Å²) in [5.41, 5.74) is 4.09. The van der Waals surface area contributed by atoms with Crippen molar-refractivity contribution in [2.24, 2.45) is 5.10 Å². The van der Waals surface area contributed by atoms with Gasteiger partial charge in [-0.05, 0) is 18.9 Å². The molecule has 1 unspecified atom stereocenters. The van der Waals surface area contributed by atoms with Crippen molar-refractivity contribution in [2.45, 2.75) is 19.5 Å². The second kappa shape index (κ2) is 4.76. The second-order valence-electron chi connectivity index (χ2n) is 4.66. The van der Waals surface area contributed by atoms with Crippen LogP contribution in [-0.2, 0) is 11.2 Å². The Balaban J connectivity index is 1.66. The minimum absolute atomic E-state index is 0.0408. The molecule has 0 fully saturated rings. The third-order valence-electron chi connectivity index (χ3n) is 3.41. The molecule has 5 nitrogen and oxygen atoms in total. The molecule has 98 valence electrons. The highest BCUT2D eigenvalue weighted by atomic mass is 16.2. The number of amidine groups is 1. The fourth-order valence-corrected chi connectivity index (χ4v) is 2.29. The number of carbonyl (C=O) groups is 1. The van der Waals surface area contributed by atoms with Gasteiger partial charge >= 0.3 is 0 Å². The molecule has 0 aromatic heterocycles. The van der Waals surface area contributed by atoms with Crippen LogP contribution in [0.4, 0.5) is 0 Å². The van der Waals surface area contributed by atoms with Gasteiger partial charge < -0.3 is 9.80 Å². The summed E-state index contributed by atoms with van der Waals surface area (Å²) in [6.45, 7) is 2.56. The summed E-state index contributed by atoms with van der Waals surface area (Å²) in [5.74, 6) is 0.858. The number of nitrogens with one attached hydrogen (secondary N) is 1. The van der Waals surface area contributed by atoms with E-state index < -0.39 is 0 Å². The van der Waals surface area contributed by atoms with E-state index in [1.54, 1.807) is 4.90 Å². The van der Waals surface area contributed by atoms with Crippen LogP contribution in [0.25, 0.3) is 0 Å². The summed E-state index contributed by atoms with van der Waals surface area (Å²) in [5, 5.41) is 4.08. The van der Waals surface area contributed by atoms with E-state index in [1.165, 1.54) is 5.56 Å². The summed E-state index contributed by atoms with van der Waals surface area (Å²) in [7, 11) is 0. The van der Waals surface area contributed by atoms with Crippen molar-refractivity contribution in [3.05, 3.63) is 48.3 Å². The van der Waals surface area contributed by atoms with Crippen molar-refractivity contribution in [1.29, 1.82) is 0 Å². The minimum atomic E-state index is -0.374. The van der Waals surface area contributed by atoms with E-state index in [4.69, 9.17) is 0 Å². The number of rotatable bonds is 3. The lowest BCUT2D eigenvalue weighted by Gasteiger charge is -2.31. The first-order valence-electron chi connectivity index (χ1n) is 6.36. The lowest BCUT2D eigenvalue weighted by Crippen LogP contribution is -2.52. The zero-order valence-corrected chi connectivity index (χ0v) is 10.8. The number of nitrogens with zero attached hydrogens (tertiary/aromatic N) is 3.